The third-order valence-electron chi connectivity index (χ3n) is 7.11. The number of aromatic nitrogens is 3. The van der Waals surface area contributed by atoms with Crippen molar-refractivity contribution in [2.75, 3.05) is 46.2 Å². The number of nitrogens with zero attached hydrogens (tertiary/aromatic N) is 4. The number of hydrogen-bond acceptors (Lipinski definition) is 10. The van der Waals surface area contributed by atoms with Crippen LogP contribution in [0.3, 0.4) is 0 Å². The average molecular weight is 648 g/mol. The standard InChI is InChI=1S/C31H42ClN5O6S/c1-19-20(2)44-30-27(19)28(22-7-9-23(32)10-8-22)34-24(29-36-35-21(3)37(29)30)17-25(38)33-11-12-40-13-14-41-15-16-42-18-26(39)43-31(4,5)6/h7-10,24,27,30H,11-18H2,1-6H3,(H,33,38)/t24-,27?,30?/m0/s1. The number of aryl methyl sites for hydroxylation is 1. The van der Waals surface area contributed by atoms with Gasteiger partial charge in [-0.2, -0.15) is 0 Å². The highest BCUT2D eigenvalue weighted by Gasteiger charge is 2.42. The van der Waals surface area contributed by atoms with Crippen LogP contribution in [0.4, 0.5) is 0 Å². The molecule has 13 heteroatoms. The molecule has 11 nitrogen and oxygen atoms in total. The molecular formula is C31H42ClN5O6S. The summed E-state index contributed by atoms with van der Waals surface area (Å²) in [6, 6.07) is 7.21. The number of thioether (sulfide) groups is 1. The maximum Gasteiger partial charge on any atom is 0.332 e. The Morgan fingerprint density at radius 2 is 1.64 bits per heavy atom. The van der Waals surface area contributed by atoms with Crippen molar-refractivity contribution in [3.05, 3.63) is 57.0 Å². The lowest BCUT2D eigenvalue weighted by molar-refractivity contribution is -0.160. The Bertz CT molecular complexity index is 1370. The van der Waals surface area contributed by atoms with E-state index in [-0.39, 0.29) is 36.8 Å². The van der Waals surface area contributed by atoms with Gasteiger partial charge in [0.05, 0.1) is 56.5 Å². The van der Waals surface area contributed by atoms with Crippen LogP contribution in [-0.4, -0.2) is 84.1 Å². The molecule has 0 spiro atoms. The van der Waals surface area contributed by atoms with Crippen molar-refractivity contribution < 1.29 is 28.5 Å². The molecule has 2 aliphatic rings. The van der Waals surface area contributed by atoms with Gasteiger partial charge in [0.2, 0.25) is 5.91 Å². The molecule has 3 atom stereocenters. The first kappa shape index (κ1) is 34.1. The molecule has 2 aromatic rings. The van der Waals surface area contributed by atoms with Crippen molar-refractivity contribution in [3.63, 3.8) is 0 Å². The number of rotatable bonds is 14. The average Bonchev–Trinajstić information content (AvgIpc) is 3.43. The first-order chi connectivity index (χ1) is 20.9. The van der Waals surface area contributed by atoms with Crippen molar-refractivity contribution in [1.29, 1.82) is 0 Å². The number of carbonyl (C=O) groups excluding carboxylic acids is 2. The van der Waals surface area contributed by atoms with Crippen LogP contribution in [0.25, 0.3) is 0 Å². The van der Waals surface area contributed by atoms with E-state index in [4.69, 9.17) is 35.5 Å². The van der Waals surface area contributed by atoms with Gasteiger partial charge >= 0.3 is 5.97 Å². The molecular weight excluding hydrogens is 606 g/mol. The summed E-state index contributed by atoms with van der Waals surface area (Å²) in [6.07, 6.45) is 0.132. The van der Waals surface area contributed by atoms with Crippen molar-refractivity contribution >= 4 is 41.0 Å². The first-order valence-electron chi connectivity index (χ1n) is 14.8. The van der Waals surface area contributed by atoms with E-state index in [2.05, 4.69) is 33.9 Å². The Morgan fingerprint density at radius 1 is 0.977 bits per heavy atom. The number of esters is 1. The van der Waals surface area contributed by atoms with E-state index >= 15 is 0 Å². The van der Waals surface area contributed by atoms with E-state index in [0.717, 1.165) is 17.1 Å². The molecule has 1 amide bonds. The lowest BCUT2D eigenvalue weighted by Crippen LogP contribution is -2.29. The monoisotopic (exact) mass is 647 g/mol. The van der Waals surface area contributed by atoms with Crippen molar-refractivity contribution in [2.45, 2.75) is 65.0 Å². The Labute approximate surface area is 268 Å². The molecule has 1 N–H and O–H groups in total. The van der Waals surface area contributed by atoms with Gasteiger partial charge in [0.25, 0.3) is 0 Å². The summed E-state index contributed by atoms with van der Waals surface area (Å²) < 4.78 is 23.6. The second kappa shape index (κ2) is 15.5. The Morgan fingerprint density at radius 3 is 2.32 bits per heavy atom. The molecule has 4 rings (SSSR count). The van der Waals surface area contributed by atoms with E-state index in [1.807, 2.05) is 31.2 Å². The molecule has 0 saturated heterocycles. The number of carbonyl (C=O) groups is 2. The number of fused-ring (bicyclic) bond motifs is 3. The van der Waals surface area contributed by atoms with Gasteiger partial charge in [0.1, 0.15) is 24.1 Å². The molecule has 0 aliphatic carbocycles. The van der Waals surface area contributed by atoms with E-state index in [1.54, 1.807) is 32.5 Å². The summed E-state index contributed by atoms with van der Waals surface area (Å²) in [4.78, 5) is 31.1. The number of ether oxygens (including phenoxy) is 4. The lowest BCUT2D eigenvalue weighted by Gasteiger charge is -2.23. The van der Waals surface area contributed by atoms with Gasteiger partial charge < -0.3 is 24.3 Å². The fraction of sp³-hybridized carbons (Fsp3) is 0.581. The SMILES string of the molecule is CC1=C(C)C2C(c3ccc(Cl)cc3)=N[C@@H](CC(=O)NCCOCCOCCOCC(=O)OC(C)(C)C)c3nnc(C)n3C2S1. The Hall–Kier alpha value is -2.77. The number of allylic oxidation sites excluding steroid dienone is 2. The van der Waals surface area contributed by atoms with Crippen LogP contribution in [0.1, 0.15) is 69.7 Å². The zero-order chi connectivity index (χ0) is 31.9. The molecule has 0 bridgehead atoms. The largest absolute Gasteiger partial charge is 0.458 e. The van der Waals surface area contributed by atoms with Crippen LogP contribution < -0.4 is 5.32 Å². The summed E-state index contributed by atoms with van der Waals surface area (Å²) in [5.74, 6) is 0.960. The van der Waals surface area contributed by atoms with E-state index in [0.29, 0.717) is 43.8 Å². The maximum absolute atomic E-state index is 13.1. The number of hydrogen-bond donors (Lipinski definition) is 1. The van der Waals surface area contributed by atoms with Crippen LogP contribution in [0, 0.1) is 12.8 Å². The molecule has 0 saturated carbocycles. The highest BCUT2D eigenvalue weighted by Crippen LogP contribution is 2.52. The normalized spacial score (nSPS) is 19.7. The highest BCUT2D eigenvalue weighted by atomic mass is 35.5. The Balaban J connectivity index is 1.25. The van der Waals surface area contributed by atoms with Crippen LogP contribution in [0.5, 0.6) is 0 Å². The van der Waals surface area contributed by atoms with Gasteiger partial charge in [-0.15, -0.1) is 22.0 Å². The molecule has 240 valence electrons. The van der Waals surface area contributed by atoms with Gasteiger partial charge in [-0.1, -0.05) is 29.3 Å². The zero-order valence-electron chi connectivity index (χ0n) is 26.2. The number of benzene rings is 1. The molecule has 0 fully saturated rings. The maximum atomic E-state index is 13.1. The quantitative estimate of drug-likeness (QED) is 0.226. The van der Waals surface area contributed by atoms with Gasteiger partial charge in [-0.3, -0.25) is 14.4 Å². The summed E-state index contributed by atoms with van der Waals surface area (Å²) in [5.41, 5.74) is 2.63. The summed E-state index contributed by atoms with van der Waals surface area (Å²) in [6.45, 7) is 13.6. The second-order valence-electron chi connectivity index (χ2n) is 11.7. The molecule has 3 heterocycles. The van der Waals surface area contributed by atoms with Gasteiger partial charge in [-0.25, -0.2) is 4.79 Å². The van der Waals surface area contributed by atoms with Gasteiger partial charge in [0, 0.05) is 11.6 Å². The third-order valence-corrected chi connectivity index (χ3v) is 8.76. The van der Waals surface area contributed by atoms with Gasteiger partial charge in [0.15, 0.2) is 5.82 Å². The lowest BCUT2D eigenvalue weighted by atomic mass is 9.90. The second-order valence-corrected chi connectivity index (χ2v) is 13.4. The topological polar surface area (TPSA) is 126 Å². The molecule has 1 aromatic heterocycles. The molecule has 2 unspecified atom stereocenters. The number of aliphatic imine (C=N–C) groups is 1. The summed E-state index contributed by atoms with van der Waals surface area (Å²) in [5, 5.41) is 12.5. The van der Waals surface area contributed by atoms with Crippen molar-refractivity contribution in [3.8, 4) is 0 Å². The van der Waals surface area contributed by atoms with Crippen molar-refractivity contribution in [1.82, 2.24) is 20.1 Å². The minimum Gasteiger partial charge on any atom is -0.458 e. The van der Waals surface area contributed by atoms with Crippen LogP contribution >= 0.6 is 23.4 Å². The molecule has 0 radical (unpaired) electrons. The highest BCUT2D eigenvalue weighted by molar-refractivity contribution is 8.03. The van der Waals surface area contributed by atoms with Gasteiger partial charge in [-0.05, 0) is 64.1 Å². The smallest absolute Gasteiger partial charge is 0.332 e. The number of amides is 1. The van der Waals surface area contributed by atoms with E-state index < -0.39 is 17.6 Å². The fourth-order valence-electron chi connectivity index (χ4n) is 5.04. The fourth-order valence-corrected chi connectivity index (χ4v) is 6.67. The van der Waals surface area contributed by atoms with E-state index in [9.17, 15) is 9.59 Å². The first-order valence-corrected chi connectivity index (χ1v) is 16.0. The molecule has 44 heavy (non-hydrogen) atoms. The zero-order valence-corrected chi connectivity index (χ0v) is 27.8. The minimum atomic E-state index is -0.535. The molecule has 2 aliphatic heterocycles. The van der Waals surface area contributed by atoms with Crippen LogP contribution in [0.15, 0.2) is 39.7 Å². The van der Waals surface area contributed by atoms with E-state index in [1.165, 1.54) is 10.5 Å². The minimum absolute atomic E-state index is 0.0228. The summed E-state index contributed by atoms with van der Waals surface area (Å²) in [7, 11) is 0. The van der Waals surface area contributed by atoms with Crippen molar-refractivity contribution in [2.24, 2.45) is 10.9 Å². The molecule has 1 aromatic carbocycles. The van der Waals surface area contributed by atoms with Crippen LogP contribution in [0.2, 0.25) is 5.02 Å². The summed E-state index contributed by atoms with van der Waals surface area (Å²) >= 11 is 7.98. The van der Waals surface area contributed by atoms with Crippen LogP contribution in [-0.2, 0) is 28.5 Å². The number of halogens is 1. The number of nitrogens with one attached hydrogen (secondary N) is 1. The third kappa shape index (κ3) is 9.13. The predicted octanol–water partition coefficient (Wildman–Crippen LogP) is 4.84. The predicted molar refractivity (Wildman–Crippen MR) is 170 cm³/mol. The Kier molecular flexibility index (Phi) is 12.0.